The summed E-state index contributed by atoms with van der Waals surface area (Å²) in [7, 11) is 0. The lowest BCUT2D eigenvalue weighted by Gasteiger charge is -2.16. The number of carboxylic acids is 1. The molecular weight excluding hydrogens is 246 g/mol. The maximum absolute atomic E-state index is 11.7. The molecule has 0 bridgehead atoms. The maximum Gasteiger partial charge on any atom is 0.335 e. The molecule has 1 heterocycles. The van der Waals surface area contributed by atoms with E-state index in [1.54, 1.807) is 12.1 Å². The van der Waals surface area contributed by atoms with Crippen molar-refractivity contribution >= 4 is 17.8 Å². The molecule has 1 aliphatic carbocycles. The van der Waals surface area contributed by atoms with Crippen LogP contribution in [0.4, 0.5) is 0 Å². The molecule has 2 amide bonds. The van der Waals surface area contributed by atoms with Gasteiger partial charge in [-0.05, 0) is 30.5 Å². The van der Waals surface area contributed by atoms with E-state index >= 15 is 0 Å². The molecule has 5 nitrogen and oxygen atoms in total. The van der Waals surface area contributed by atoms with Gasteiger partial charge in [-0.15, -0.1) is 0 Å². The van der Waals surface area contributed by atoms with Crippen molar-refractivity contribution in [2.75, 3.05) is 6.54 Å². The Balaban J connectivity index is 1.62. The van der Waals surface area contributed by atoms with Gasteiger partial charge in [0.05, 0.1) is 17.4 Å². The molecule has 98 valence electrons. The molecule has 2 fully saturated rings. The average Bonchev–Trinajstić information content (AvgIpc) is 3.14. The number of benzene rings is 1. The molecule has 3 rings (SSSR count). The summed E-state index contributed by atoms with van der Waals surface area (Å²) in [5, 5.41) is 8.78. The van der Waals surface area contributed by atoms with E-state index in [-0.39, 0.29) is 29.2 Å². The van der Waals surface area contributed by atoms with Crippen LogP contribution in [-0.2, 0) is 16.0 Å². The summed E-state index contributed by atoms with van der Waals surface area (Å²) >= 11 is 0. The molecule has 2 unspecified atom stereocenters. The standard InChI is InChI=1S/C14H13NO4/c16-12-10-7-11(10)13(17)15(12)6-5-8-1-3-9(4-2-8)14(18)19/h1-4,10-11H,5-7H2,(H,18,19). The van der Waals surface area contributed by atoms with Gasteiger partial charge in [-0.3, -0.25) is 14.5 Å². The third-order valence-electron chi connectivity index (χ3n) is 3.78. The van der Waals surface area contributed by atoms with Gasteiger partial charge < -0.3 is 5.11 Å². The molecule has 1 saturated heterocycles. The van der Waals surface area contributed by atoms with Crippen LogP contribution in [-0.4, -0.2) is 34.3 Å². The number of nitrogens with zero attached hydrogens (tertiary/aromatic N) is 1. The monoisotopic (exact) mass is 259 g/mol. The zero-order valence-electron chi connectivity index (χ0n) is 10.2. The third kappa shape index (κ3) is 2.01. The molecule has 0 radical (unpaired) electrons. The minimum absolute atomic E-state index is 0.0443. The largest absolute Gasteiger partial charge is 0.478 e. The number of aromatic carboxylic acids is 1. The fourth-order valence-corrected chi connectivity index (χ4v) is 2.53. The number of carbonyl (C=O) groups is 3. The predicted octanol–water partition coefficient (Wildman–Crippen LogP) is 0.932. The predicted molar refractivity (Wildman–Crippen MR) is 65.4 cm³/mol. The second-order valence-electron chi connectivity index (χ2n) is 5.03. The van der Waals surface area contributed by atoms with E-state index in [1.165, 1.54) is 17.0 Å². The Morgan fingerprint density at radius 3 is 2.26 bits per heavy atom. The molecule has 1 saturated carbocycles. The second-order valence-corrected chi connectivity index (χ2v) is 5.03. The van der Waals surface area contributed by atoms with Crippen LogP contribution < -0.4 is 0 Å². The summed E-state index contributed by atoms with van der Waals surface area (Å²) in [4.78, 5) is 35.5. The van der Waals surface area contributed by atoms with Crippen LogP contribution in [0.25, 0.3) is 0 Å². The van der Waals surface area contributed by atoms with E-state index in [4.69, 9.17) is 5.11 Å². The van der Waals surface area contributed by atoms with Gasteiger partial charge >= 0.3 is 5.97 Å². The smallest absolute Gasteiger partial charge is 0.335 e. The molecule has 2 aliphatic rings. The van der Waals surface area contributed by atoms with Crippen molar-refractivity contribution in [2.24, 2.45) is 11.8 Å². The number of piperidine rings is 1. The SMILES string of the molecule is O=C(O)c1ccc(CCN2C(=O)C3CC3C2=O)cc1. The third-order valence-corrected chi connectivity index (χ3v) is 3.78. The van der Waals surface area contributed by atoms with Crippen LogP contribution in [0.15, 0.2) is 24.3 Å². The molecule has 5 heteroatoms. The number of carboxylic acid groups (broad SMARTS) is 1. The van der Waals surface area contributed by atoms with E-state index < -0.39 is 5.97 Å². The topological polar surface area (TPSA) is 74.7 Å². The number of rotatable bonds is 4. The maximum atomic E-state index is 11.7. The first kappa shape index (κ1) is 11.9. The van der Waals surface area contributed by atoms with E-state index in [2.05, 4.69) is 0 Å². The average molecular weight is 259 g/mol. The first-order valence-corrected chi connectivity index (χ1v) is 6.25. The molecule has 1 aromatic rings. The van der Waals surface area contributed by atoms with Crippen molar-refractivity contribution in [2.45, 2.75) is 12.8 Å². The highest BCUT2D eigenvalue weighted by atomic mass is 16.4. The summed E-state index contributed by atoms with van der Waals surface area (Å²) in [6.07, 6.45) is 1.29. The Bertz CT molecular complexity index is 543. The fourth-order valence-electron chi connectivity index (χ4n) is 2.53. The lowest BCUT2D eigenvalue weighted by atomic mass is 10.1. The minimum atomic E-state index is -0.962. The number of hydrogen-bond acceptors (Lipinski definition) is 3. The fraction of sp³-hybridized carbons (Fsp3) is 0.357. The Kier molecular flexibility index (Phi) is 2.62. The van der Waals surface area contributed by atoms with Crippen LogP contribution >= 0.6 is 0 Å². The van der Waals surface area contributed by atoms with Crippen LogP contribution in [0.1, 0.15) is 22.3 Å². The van der Waals surface area contributed by atoms with E-state index in [9.17, 15) is 14.4 Å². The molecule has 1 aliphatic heterocycles. The van der Waals surface area contributed by atoms with E-state index in [0.29, 0.717) is 13.0 Å². The normalized spacial score (nSPS) is 24.5. The van der Waals surface area contributed by atoms with Crippen LogP contribution in [0.2, 0.25) is 0 Å². The van der Waals surface area contributed by atoms with Crippen LogP contribution in [0.3, 0.4) is 0 Å². The summed E-state index contributed by atoms with van der Waals surface area (Å²) < 4.78 is 0. The highest BCUT2D eigenvalue weighted by Crippen LogP contribution is 2.46. The minimum Gasteiger partial charge on any atom is -0.478 e. The van der Waals surface area contributed by atoms with Crippen molar-refractivity contribution in [1.82, 2.24) is 4.90 Å². The summed E-state index contributed by atoms with van der Waals surface area (Å²) in [5.41, 5.74) is 1.16. The lowest BCUT2D eigenvalue weighted by Crippen LogP contribution is -2.34. The zero-order valence-corrected chi connectivity index (χ0v) is 10.2. The number of hydrogen-bond donors (Lipinski definition) is 1. The Labute approximate surface area is 109 Å². The number of likely N-dealkylation sites (tertiary alicyclic amines) is 1. The number of amides is 2. The van der Waals surface area contributed by atoms with E-state index in [1.807, 2.05) is 0 Å². The van der Waals surface area contributed by atoms with Gasteiger partial charge in [-0.1, -0.05) is 12.1 Å². The molecule has 2 atom stereocenters. The quantitative estimate of drug-likeness (QED) is 0.816. The second kappa shape index (κ2) is 4.19. The number of fused-ring (bicyclic) bond motifs is 1. The van der Waals surface area contributed by atoms with Crippen molar-refractivity contribution in [3.63, 3.8) is 0 Å². The number of carbonyl (C=O) groups excluding carboxylic acids is 2. The van der Waals surface area contributed by atoms with Crippen molar-refractivity contribution < 1.29 is 19.5 Å². The summed E-state index contributed by atoms with van der Waals surface area (Å²) in [6.45, 7) is 0.386. The Morgan fingerprint density at radius 2 is 1.74 bits per heavy atom. The van der Waals surface area contributed by atoms with E-state index in [0.717, 1.165) is 12.0 Å². The van der Waals surface area contributed by atoms with Gasteiger partial charge in [0.15, 0.2) is 0 Å². The van der Waals surface area contributed by atoms with Gasteiger partial charge in [0.25, 0.3) is 0 Å². The highest BCUT2D eigenvalue weighted by molar-refractivity contribution is 6.08. The van der Waals surface area contributed by atoms with Gasteiger partial charge in [-0.2, -0.15) is 0 Å². The number of imide groups is 1. The Morgan fingerprint density at radius 1 is 1.16 bits per heavy atom. The molecule has 1 N–H and O–H groups in total. The first-order valence-electron chi connectivity index (χ1n) is 6.25. The molecule has 0 spiro atoms. The van der Waals surface area contributed by atoms with Gasteiger partial charge in [0.1, 0.15) is 0 Å². The molecule has 19 heavy (non-hydrogen) atoms. The lowest BCUT2D eigenvalue weighted by molar-refractivity contribution is -0.141. The highest BCUT2D eigenvalue weighted by Gasteiger charge is 2.58. The van der Waals surface area contributed by atoms with Crippen molar-refractivity contribution in [1.29, 1.82) is 0 Å². The Hall–Kier alpha value is -2.17. The molecule has 1 aromatic carbocycles. The summed E-state index contributed by atoms with van der Waals surface area (Å²) in [6, 6.07) is 6.50. The van der Waals surface area contributed by atoms with Crippen molar-refractivity contribution in [3.05, 3.63) is 35.4 Å². The summed E-state index contributed by atoms with van der Waals surface area (Å²) in [5.74, 6) is -1.16. The molecule has 0 aromatic heterocycles. The van der Waals surface area contributed by atoms with Gasteiger partial charge in [-0.25, -0.2) is 4.79 Å². The zero-order chi connectivity index (χ0) is 13.6. The first-order chi connectivity index (χ1) is 9.08. The van der Waals surface area contributed by atoms with Gasteiger partial charge in [0, 0.05) is 6.54 Å². The van der Waals surface area contributed by atoms with Crippen molar-refractivity contribution in [3.8, 4) is 0 Å². The van der Waals surface area contributed by atoms with Crippen LogP contribution in [0, 0.1) is 11.8 Å². The van der Waals surface area contributed by atoms with Crippen LogP contribution in [0.5, 0.6) is 0 Å². The van der Waals surface area contributed by atoms with Gasteiger partial charge in [0.2, 0.25) is 11.8 Å². The molecular formula is C14H13NO4.